The molecule has 1 saturated heterocycles. The van der Waals surface area contributed by atoms with E-state index in [4.69, 9.17) is 19.7 Å². The molecule has 0 aliphatic carbocycles. The van der Waals surface area contributed by atoms with Crippen LogP contribution in [0.4, 0.5) is 0 Å². The van der Waals surface area contributed by atoms with Crippen molar-refractivity contribution in [3.63, 3.8) is 0 Å². The molecule has 0 radical (unpaired) electrons. The second kappa shape index (κ2) is 6.17. The lowest BCUT2D eigenvalue weighted by molar-refractivity contribution is -0.182. The molecule has 1 aliphatic rings. The smallest absolute Gasteiger partial charge is 0.161 e. The summed E-state index contributed by atoms with van der Waals surface area (Å²) in [4.78, 5) is 10.9. The molecule has 0 aromatic carbocycles. The van der Waals surface area contributed by atoms with E-state index in [1.165, 1.54) is 13.8 Å². The molecule has 0 bridgehead atoms. The van der Waals surface area contributed by atoms with Crippen molar-refractivity contribution < 1.29 is 24.5 Å². The number of carbonyl (C=O) groups excluding carboxylic acids is 1. The number of aliphatic hydroxyl groups is 2. The lowest BCUT2D eigenvalue weighted by Gasteiger charge is -2.25. The zero-order valence-electron chi connectivity index (χ0n) is 9.69. The van der Waals surface area contributed by atoms with Crippen molar-refractivity contribution in [2.24, 2.45) is 0 Å². The molecule has 1 aliphatic heterocycles. The molecule has 0 unspecified atom stereocenters. The van der Waals surface area contributed by atoms with Crippen LogP contribution in [0.25, 0.3) is 0 Å². The van der Waals surface area contributed by atoms with Gasteiger partial charge in [0.2, 0.25) is 0 Å². The first-order chi connectivity index (χ1) is 6.74. The minimum atomic E-state index is -1.50. The SMILES string of the molecule is CC(C)(O)O.CO[C@H]1CCC(=O)[C@H](C)O1. The van der Waals surface area contributed by atoms with Crippen molar-refractivity contribution in [2.75, 3.05) is 7.11 Å². The fourth-order valence-electron chi connectivity index (χ4n) is 1.01. The summed E-state index contributed by atoms with van der Waals surface area (Å²) in [5.41, 5.74) is 0. The third kappa shape index (κ3) is 8.50. The van der Waals surface area contributed by atoms with Crippen molar-refractivity contribution in [3.8, 4) is 0 Å². The van der Waals surface area contributed by atoms with Gasteiger partial charge in [0.15, 0.2) is 17.9 Å². The first-order valence-corrected chi connectivity index (χ1v) is 4.89. The monoisotopic (exact) mass is 220 g/mol. The van der Waals surface area contributed by atoms with Gasteiger partial charge in [-0.15, -0.1) is 0 Å². The maximum absolute atomic E-state index is 10.9. The van der Waals surface area contributed by atoms with E-state index < -0.39 is 5.79 Å². The topological polar surface area (TPSA) is 76.0 Å². The summed E-state index contributed by atoms with van der Waals surface area (Å²) in [5, 5.41) is 16.2. The Bertz CT molecular complexity index is 190. The Morgan fingerprint density at radius 3 is 2.27 bits per heavy atom. The van der Waals surface area contributed by atoms with E-state index >= 15 is 0 Å². The zero-order chi connectivity index (χ0) is 12.1. The van der Waals surface area contributed by atoms with Gasteiger partial charge in [-0.1, -0.05) is 0 Å². The van der Waals surface area contributed by atoms with Crippen LogP contribution >= 0.6 is 0 Å². The van der Waals surface area contributed by atoms with Gasteiger partial charge >= 0.3 is 0 Å². The Balaban J connectivity index is 0.000000336. The van der Waals surface area contributed by atoms with Gasteiger partial charge in [0.25, 0.3) is 0 Å². The largest absolute Gasteiger partial charge is 0.366 e. The van der Waals surface area contributed by atoms with Crippen LogP contribution in [0, 0.1) is 0 Å². The minimum Gasteiger partial charge on any atom is -0.366 e. The van der Waals surface area contributed by atoms with E-state index in [9.17, 15) is 4.79 Å². The second-order valence-corrected chi connectivity index (χ2v) is 3.94. The van der Waals surface area contributed by atoms with Crippen LogP contribution in [0.1, 0.15) is 33.6 Å². The highest BCUT2D eigenvalue weighted by Gasteiger charge is 2.25. The Kier molecular flexibility index (Phi) is 5.97. The zero-order valence-corrected chi connectivity index (χ0v) is 9.69. The number of ether oxygens (including phenoxy) is 2. The molecule has 0 aromatic rings. The molecule has 5 heteroatoms. The van der Waals surface area contributed by atoms with E-state index in [1.807, 2.05) is 0 Å². The Hall–Kier alpha value is -0.490. The normalized spacial score (nSPS) is 26.9. The van der Waals surface area contributed by atoms with Gasteiger partial charge in [0, 0.05) is 20.0 Å². The maximum Gasteiger partial charge on any atom is 0.161 e. The number of methoxy groups -OCH3 is 1. The van der Waals surface area contributed by atoms with Crippen LogP contribution in [0.5, 0.6) is 0 Å². The van der Waals surface area contributed by atoms with Gasteiger partial charge in [-0.25, -0.2) is 0 Å². The van der Waals surface area contributed by atoms with Crippen molar-refractivity contribution in [1.29, 1.82) is 0 Å². The molecule has 0 amide bonds. The molecule has 90 valence electrons. The summed E-state index contributed by atoms with van der Waals surface area (Å²) in [6, 6.07) is 0. The van der Waals surface area contributed by atoms with E-state index in [-0.39, 0.29) is 18.2 Å². The molecule has 15 heavy (non-hydrogen) atoms. The Labute approximate surface area is 90.0 Å². The van der Waals surface area contributed by atoms with Crippen LogP contribution in [-0.4, -0.2) is 41.3 Å². The van der Waals surface area contributed by atoms with Crippen molar-refractivity contribution in [3.05, 3.63) is 0 Å². The van der Waals surface area contributed by atoms with Gasteiger partial charge in [-0.2, -0.15) is 0 Å². The second-order valence-electron chi connectivity index (χ2n) is 3.94. The van der Waals surface area contributed by atoms with E-state index in [1.54, 1.807) is 14.0 Å². The lowest BCUT2D eigenvalue weighted by Crippen LogP contribution is -2.34. The molecule has 0 spiro atoms. The van der Waals surface area contributed by atoms with E-state index in [0.29, 0.717) is 12.8 Å². The van der Waals surface area contributed by atoms with Gasteiger partial charge in [-0.3, -0.25) is 4.79 Å². The molecular formula is C10H20O5. The average Bonchev–Trinajstić information content (AvgIpc) is 2.07. The molecule has 2 N–H and O–H groups in total. The number of hydrogen-bond acceptors (Lipinski definition) is 5. The standard InChI is InChI=1S/C7H12O3.C3H8O2/c1-5-6(8)3-4-7(9-2)10-5;1-3(2,4)5/h5,7H,3-4H2,1-2H3;4-5H,1-2H3/t5-,7+;/m0./s1. The highest BCUT2D eigenvalue weighted by molar-refractivity contribution is 5.83. The van der Waals surface area contributed by atoms with E-state index in [0.717, 1.165) is 0 Å². The molecule has 5 nitrogen and oxygen atoms in total. The van der Waals surface area contributed by atoms with Crippen LogP contribution in [0.2, 0.25) is 0 Å². The lowest BCUT2D eigenvalue weighted by atomic mass is 10.1. The fraction of sp³-hybridized carbons (Fsp3) is 0.900. The highest BCUT2D eigenvalue weighted by Crippen LogP contribution is 2.15. The molecule has 1 fully saturated rings. The molecular weight excluding hydrogens is 200 g/mol. The van der Waals surface area contributed by atoms with Crippen molar-refractivity contribution in [1.82, 2.24) is 0 Å². The number of Topliss-reactive ketones (excluding diaryl/α,β-unsaturated/α-hetero) is 1. The average molecular weight is 220 g/mol. The first kappa shape index (κ1) is 14.5. The van der Waals surface area contributed by atoms with Crippen LogP contribution in [-0.2, 0) is 14.3 Å². The summed E-state index contributed by atoms with van der Waals surface area (Å²) >= 11 is 0. The Morgan fingerprint density at radius 1 is 1.47 bits per heavy atom. The molecule has 0 aromatic heterocycles. The predicted molar refractivity (Wildman–Crippen MR) is 54.1 cm³/mol. The molecule has 0 saturated carbocycles. The summed E-state index contributed by atoms with van der Waals surface area (Å²) in [6.07, 6.45) is 0.825. The van der Waals surface area contributed by atoms with Gasteiger partial charge in [0.1, 0.15) is 6.10 Å². The van der Waals surface area contributed by atoms with Crippen molar-refractivity contribution in [2.45, 2.75) is 51.8 Å². The molecule has 1 heterocycles. The van der Waals surface area contributed by atoms with Crippen LogP contribution < -0.4 is 0 Å². The first-order valence-electron chi connectivity index (χ1n) is 4.89. The van der Waals surface area contributed by atoms with Crippen molar-refractivity contribution >= 4 is 5.78 Å². The quantitative estimate of drug-likeness (QED) is 0.627. The Morgan fingerprint density at radius 2 is 1.93 bits per heavy atom. The highest BCUT2D eigenvalue weighted by atomic mass is 16.7. The van der Waals surface area contributed by atoms with Gasteiger partial charge in [0.05, 0.1) is 0 Å². The van der Waals surface area contributed by atoms with Gasteiger partial charge < -0.3 is 19.7 Å². The minimum absolute atomic E-state index is 0.173. The van der Waals surface area contributed by atoms with E-state index in [2.05, 4.69) is 0 Å². The summed E-state index contributed by atoms with van der Waals surface area (Å²) in [5.74, 6) is -1.33. The third-order valence-electron chi connectivity index (χ3n) is 1.70. The predicted octanol–water partition coefficient (Wildman–Crippen LogP) is 0.434. The summed E-state index contributed by atoms with van der Waals surface area (Å²) < 4.78 is 10.1. The fourth-order valence-corrected chi connectivity index (χ4v) is 1.01. The summed E-state index contributed by atoms with van der Waals surface area (Å²) in [6.45, 7) is 4.35. The molecule has 1 rings (SSSR count). The number of rotatable bonds is 1. The molecule has 2 atom stereocenters. The summed E-state index contributed by atoms with van der Waals surface area (Å²) in [7, 11) is 1.59. The van der Waals surface area contributed by atoms with Gasteiger partial charge in [-0.05, 0) is 20.8 Å². The number of carbonyl (C=O) groups is 1. The third-order valence-corrected chi connectivity index (χ3v) is 1.70. The van der Waals surface area contributed by atoms with Crippen LogP contribution in [0.3, 0.4) is 0 Å². The van der Waals surface area contributed by atoms with Crippen LogP contribution in [0.15, 0.2) is 0 Å². The number of ketones is 1. The maximum atomic E-state index is 10.9. The number of hydrogen-bond donors (Lipinski definition) is 2.